The zero-order chi connectivity index (χ0) is 27.5. The van der Waals surface area contributed by atoms with E-state index in [0.29, 0.717) is 39.8 Å². The lowest BCUT2D eigenvalue weighted by Crippen LogP contribution is -2.19. The average molecular weight is 586 g/mol. The van der Waals surface area contributed by atoms with Gasteiger partial charge in [-0.25, -0.2) is 9.78 Å². The van der Waals surface area contributed by atoms with E-state index in [2.05, 4.69) is 10.3 Å². The van der Waals surface area contributed by atoms with Gasteiger partial charge in [0.1, 0.15) is 28.4 Å². The summed E-state index contributed by atoms with van der Waals surface area (Å²) in [6.07, 6.45) is -1.83. The molecule has 0 radical (unpaired) electrons. The SMILES string of the molecule is O=C(O)OC1CCOc2c1cc(Cl)c(Oc1ccc(C(=O)Nc3cccc(-c4ccc(Cl)cc4)n3)cc1)c2Cl. The van der Waals surface area contributed by atoms with E-state index < -0.39 is 12.3 Å². The van der Waals surface area contributed by atoms with Crippen LogP contribution in [-0.2, 0) is 4.74 Å². The van der Waals surface area contributed by atoms with Gasteiger partial charge < -0.3 is 24.6 Å². The first kappa shape index (κ1) is 26.6. The molecule has 11 heteroatoms. The fourth-order valence-electron chi connectivity index (χ4n) is 4.02. The van der Waals surface area contributed by atoms with Gasteiger partial charge >= 0.3 is 6.16 Å². The number of aromatic nitrogens is 1. The number of amides is 1. The largest absolute Gasteiger partial charge is 0.506 e. The van der Waals surface area contributed by atoms with Crippen molar-refractivity contribution >= 4 is 52.7 Å². The van der Waals surface area contributed by atoms with Crippen LogP contribution in [0.1, 0.15) is 28.4 Å². The van der Waals surface area contributed by atoms with Crippen molar-refractivity contribution in [3.63, 3.8) is 0 Å². The lowest BCUT2D eigenvalue weighted by Gasteiger charge is -2.26. The molecule has 0 aliphatic carbocycles. The highest BCUT2D eigenvalue weighted by molar-refractivity contribution is 6.38. The molecule has 4 aromatic rings. The number of anilines is 1. The molecule has 0 saturated carbocycles. The van der Waals surface area contributed by atoms with Crippen LogP contribution in [0.25, 0.3) is 11.3 Å². The minimum atomic E-state index is -1.41. The molecular weight excluding hydrogens is 567 g/mol. The van der Waals surface area contributed by atoms with Gasteiger partial charge in [-0.1, -0.05) is 53.0 Å². The summed E-state index contributed by atoms with van der Waals surface area (Å²) >= 11 is 18.9. The Morgan fingerprint density at radius 3 is 2.46 bits per heavy atom. The smallest absolute Gasteiger partial charge is 0.491 e. The molecular formula is C28H19Cl3N2O6. The number of hydrogen-bond acceptors (Lipinski definition) is 6. The topological polar surface area (TPSA) is 107 Å². The first-order valence-electron chi connectivity index (χ1n) is 11.6. The lowest BCUT2D eigenvalue weighted by atomic mass is 10.0. The van der Waals surface area contributed by atoms with Crippen molar-refractivity contribution in [1.82, 2.24) is 4.98 Å². The van der Waals surface area contributed by atoms with Crippen LogP contribution < -0.4 is 14.8 Å². The third-order valence-electron chi connectivity index (χ3n) is 5.84. The number of nitrogens with zero attached hydrogens (tertiary/aromatic N) is 1. The van der Waals surface area contributed by atoms with Crippen LogP contribution in [0.15, 0.2) is 72.8 Å². The molecule has 5 rings (SSSR count). The summed E-state index contributed by atoms with van der Waals surface area (Å²) in [5.74, 6) is 0.786. The number of rotatable bonds is 6. The summed E-state index contributed by atoms with van der Waals surface area (Å²) in [5, 5.41) is 12.7. The van der Waals surface area contributed by atoms with Gasteiger partial charge in [-0.2, -0.15) is 0 Å². The van der Waals surface area contributed by atoms with Crippen molar-refractivity contribution in [3.05, 3.63) is 99.0 Å². The van der Waals surface area contributed by atoms with Crippen LogP contribution in [0, 0.1) is 0 Å². The first-order valence-corrected chi connectivity index (χ1v) is 12.8. The molecule has 0 bridgehead atoms. The van der Waals surface area contributed by atoms with Gasteiger partial charge in [0.25, 0.3) is 5.91 Å². The van der Waals surface area contributed by atoms with Crippen LogP contribution in [-0.4, -0.2) is 28.8 Å². The molecule has 2 N–H and O–H groups in total. The van der Waals surface area contributed by atoms with Crippen LogP contribution in [0.3, 0.4) is 0 Å². The van der Waals surface area contributed by atoms with Crippen molar-refractivity contribution in [2.24, 2.45) is 0 Å². The Labute approximate surface area is 238 Å². The number of hydrogen-bond donors (Lipinski definition) is 2. The summed E-state index contributed by atoms with van der Waals surface area (Å²) in [6.45, 7) is 0.215. The van der Waals surface area contributed by atoms with Crippen LogP contribution in [0.4, 0.5) is 10.6 Å². The Balaban J connectivity index is 1.30. The predicted molar refractivity (Wildman–Crippen MR) is 148 cm³/mol. The van der Waals surface area contributed by atoms with Crippen molar-refractivity contribution in [1.29, 1.82) is 0 Å². The highest BCUT2D eigenvalue weighted by Gasteiger charge is 2.30. The number of nitrogens with one attached hydrogen (secondary N) is 1. The summed E-state index contributed by atoms with van der Waals surface area (Å²) < 4.78 is 16.5. The average Bonchev–Trinajstić information content (AvgIpc) is 2.92. The third-order valence-corrected chi connectivity index (χ3v) is 6.72. The molecule has 1 aliphatic rings. The van der Waals surface area contributed by atoms with Crippen LogP contribution >= 0.6 is 34.8 Å². The van der Waals surface area contributed by atoms with E-state index in [4.69, 9.17) is 54.1 Å². The van der Waals surface area contributed by atoms with E-state index in [1.54, 1.807) is 48.5 Å². The molecule has 0 saturated heterocycles. The Kier molecular flexibility index (Phi) is 7.79. The number of pyridine rings is 1. The number of carbonyl (C=O) groups excluding carboxylic acids is 1. The minimum Gasteiger partial charge on any atom is -0.491 e. The standard InChI is InChI=1S/C28H19Cl3N2O6/c29-17-8-4-15(5-9-17)21-2-1-3-23(32-21)33-27(34)16-6-10-18(11-7-16)38-26-20(30)14-19-22(39-28(35)36)12-13-37-25(19)24(26)31/h1-11,14,22H,12-13H2,(H,35,36)(H,32,33,34). The first-order chi connectivity index (χ1) is 18.8. The maximum Gasteiger partial charge on any atom is 0.506 e. The van der Waals surface area contributed by atoms with E-state index in [1.165, 1.54) is 6.07 Å². The third kappa shape index (κ3) is 6.04. The van der Waals surface area contributed by atoms with E-state index in [-0.39, 0.29) is 34.1 Å². The minimum absolute atomic E-state index is 0.0876. The summed E-state index contributed by atoms with van der Waals surface area (Å²) in [6, 6.07) is 20.5. The van der Waals surface area contributed by atoms with Crippen molar-refractivity contribution < 1.29 is 28.9 Å². The monoisotopic (exact) mass is 584 g/mol. The molecule has 2 heterocycles. The van der Waals surface area contributed by atoms with Gasteiger partial charge in [0.2, 0.25) is 0 Å². The Hall–Kier alpha value is -3.98. The Morgan fingerprint density at radius 1 is 1.00 bits per heavy atom. The fourth-order valence-corrected chi connectivity index (χ4v) is 4.74. The highest BCUT2D eigenvalue weighted by atomic mass is 35.5. The van der Waals surface area contributed by atoms with Gasteiger partial charge in [0.15, 0.2) is 5.75 Å². The molecule has 1 atom stereocenters. The number of halogens is 3. The quantitative estimate of drug-likeness (QED) is 0.219. The van der Waals surface area contributed by atoms with Crippen molar-refractivity contribution in [2.75, 3.05) is 11.9 Å². The highest BCUT2D eigenvalue weighted by Crippen LogP contribution is 2.49. The zero-order valence-electron chi connectivity index (χ0n) is 20.0. The summed E-state index contributed by atoms with van der Waals surface area (Å²) in [7, 11) is 0. The maximum absolute atomic E-state index is 12.8. The van der Waals surface area contributed by atoms with Gasteiger partial charge in [-0.3, -0.25) is 4.79 Å². The van der Waals surface area contributed by atoms with Crippen LogP contribution in [0.2, 0.25) is 15.1 Å². The van der Waals surface area contributed by atoms with Gasteiger partial charge in [0, 0.05) is 28.1 Å². The van der Waals surface area contributed by atoms with E-state index in [0.717, 1.165) is 5.56 Å². The van der Waals surface area contributed by atoms with Crippen LogP contribution in [0.5, 0.6) is 17.2 Å². The van der Waals surface area contributed by atoms with Crippen molar-refractivity contribution in [3.8, 4) is 28.5 Å². The number of fused-ring (bicyclic) bond motifs is 1. The maximum atomic E-state index is 12.8. The van der Waals surface area contributed by atoms with Gasteiger partial charge in [-0.15, -0.1) is 0 Å². The normalized spacial score (nSPS) is 14.1. The number of benzene rings is 3. The fraction of sp³-hybridized carbons (Fsp3) is 0.107. The zero-order valence-corrected chi connectivity index (χ0v) is 22.3. The molecule has 0 fully saturated rings. The van der Waals surface area contributed by atoms with E-state index in [1.807, 2.05) is 18.2 Å². The number of carbonyl (C=O) groups is 2. The van der Waals surface area contributed by atoms with E-state index >= 15 is 0 Å². The molecule has 1 unspecified atom stereocenters. The van der Waals surface area contributed by atoms with E-state index in [9.17, 15) is 9.59 Å². The lowest BCUT2D eigenvalue weighted by molar-refractivity contribution is 0.0326. The molecule has 3 aromatic carbocycles. The summed E-state index contributed by atoms with van der Waals surface area (Å²) in [5.41, 5.74) is 2.36. The summed E-state index contributed by atoms with van der Waals surface area (Å²) in [4.78, 5) is 28.4. The number of ether oxygens (including phenoxy) is 3. The predicted octanol–water partition coefficient (Wildman–Crippen LogP) is 8.27. The van der Waals surface area contributed by atoms with Gasteiger partial charge in [-0.05, 0) is 54.6 Å². The molecule has 0 spiro atoms. The second-order valence-corrected chi connectivity index (χ2v) is 9.65. The Morgan fingerprint density at radius 2 is 1.74 bits per heavy atom. The Bertz CT molecular complexity index is 1540. The molecule has 198 valence electrons. The second-order valence-electron chi connectivity index (χ2n) is 8.42. The second kappa shape index (κ2) is 11.4. The molecule has 39 heavy (non-hydrogen) atoms. The van der Waals surface area contributed by atoms with Crippen molar-refractivity contribution in [2.45, 2.75) is 12.5 Å². The molecule has 8 nitrogen and oxygen atoms in total. The molecule has 1 amide bonds. The molecule has 1 aliphatic heterocycles. The van der Waals surface area contributed by atoms with Gasteiger partial charge in [0.05, 0.1) is 17.3 Å². The number of carboxylic acid groups (broad SMARTS) is 1. The molecule has 1 aromatic heterocycles.